The van der Waals surface area contributed by atoms with E-state index in [1.54, 1.807) is 11.3 Å². The topological polar surface area (TPSA) is 12.4 Å². The van der Waals surface area contributed by atoms with Crippen LogP contribution in [0.5, 0.6) is 0 Å². The minimum absolute atomic E-state index is 0.314. The molecule has 1 aliphatic heterocycles. The highest BCUT2D eigenvalue weighted by Gasteiger charge is 2.20. The fraction of sp³-hybridized carbons (Fsp3) is 0.261. The van der Waals surface area contributed by atoms with E-state index in [1.807, 2.05) is 0 Å². The van der Waals surface area contributed by atoms with Gasteiger partial charge in [0.2, 0.25) is 0 Å². The first-order valence-corrected chi connectivity index (χ1v) is 9.89. The van der Waals surface area contributed by atoms with Gasteiger partial charge in [-0.25, -0.2) is 0 Å². The van der Waals surface area contributed by atoms with Gasteiger partial charge < -0.3 is 0 Å². The monoisotopic (exact) mass is 345 g/mol. The summed E-state index contributed by atoms with van der Waals surface area (Å²) in [5.74, 6) is 0.578. The van der Waals surface area contributed by atoms with Crippen LogP contribution in [0.2, 0.25) is 0 Å². The van der Waals surface area contributed by atoms with Crippen LogP contribution in [0.25, 0.3) is 11.1 Å². The van der Waals surface area contributed by atoms with Gasteiger partial charge in [0, 0.05) is 4.88 Å². The summed E-state index contributed by atoms with van der Waals surface area (Å²) < 4.78 is 0. The van der Waals surface area contributed by atoms with Crippen molar-refractivity contribution in [1.82, 2.24) is 0 Å². The molecule has 0 fully saturated rings. The molecule has 0 bridgehead atoms. The number of thiophene rings is 1. The molecule has 0 saturated carbocycles. The van der Waals surface area contributed by atoms with E-state index in [0.717, 1.165) is 12.8 Å². The van der Waals surface area contributed by atoms with Gasteiger partial charge in [-0.3, -0.25) is 4.99 Å². The van der Waals surface area contributed by atoms with E-state index in [9.17, 15) is 0 Å². The van der Waals surface area contributed by atoms with Crippen molar-refractivity contribution in [3.8, 4) is 11.1 Å². The third-order valence-corrected chi connectivity index (χ3v) is 5.90. The van der Waals surface area contributed by atoms with Crippen molar-refractivity contribution in [2.75, 3.05) is 0 Å². The molecule has 1 unspecified atom stereocenters. The van der Waals surface area contributed by atoms with Crippen LogP contribution in [0.1, 0.15) is 54.7 Å². The number of nitrogens with zero attached hydrogens (tertiary/aromatic N) is 1. The van der Waals surface area contributed by atoms with Crippen LogP contribution in [-0.2, 0) is 0 Å². The van der Waals surface area contributed by atoms with E-state index < -0.39 is 0 Å². The molecule has 3 aromatic rings. The quantitative estimate of drug-likeness (QED) is 0.489. The maximum absolute atomic E-state index is 4.96. The van der Waals surface area contributed by atoms with E-state index in [-0.39, 0.29) is 0 Å². The molecule has 0 saturated heterocycles. The van der Waals surface area contributed by atoms with Crippen LogP contribution in [-0.4, -0.2) is 5.71 Å². The Kier molecular flexibility index (Phi) is 4.54. The molecule has 4 rings (SSSR count). The largest absolute Gasteiger partial charge is 0.280 e. The molecule has 25 heavy (non-hydrogen) atoms. The van der Waals surface area contributed by atoms with Gasteiger partial charge in [0.05, 0.1) is 11.8 Å². The summed E-state index contributed by atoms with van der Waals surface area (Å²) in [6.07, 6.45) is 2.21. The molecule has 126 valence electrons. The predicted octanol–water partition coefficient (Wildman–Crippen LogP) is 6.86. The second-order valence-electron chi connectivity index (χ2n) is 7.01. The van der Waals surface area contributed by atoms with Crippen LogP contribution in [0.3, 0.4) is 0 Å². The number of benzene rings is 2. The Morgan fingerprint density at radius 2 is 1.60 bits per heavy atom. The summed E-state index contributed by atoms with van der Waals surface area (Å²) >= 11 is 1.79. The van der Waals surface area contributed by atoms with Crippen LogP contribution in [0.15, 0.2) is 71.0 Å². The zero-order valence-corrected chi connectivity index (χ0v) is 15.6. The van der Waals surface area contributed by atoms with E-state index in [2.05, 4.69) is 79.9 Å². The maximum Gasteiger partial charge on any atom is 0.0756 e. The number of aliphatic imine (C=N–C) groups is 1. The molecule has 2 aromatic carbocycles. The summed E-state index contributed by atoms with van der Waals surface area (Å²) in [7, 11) is 0. The molecular weight excluding hydrogens is 322 g/mol. The maximum atomic E-state index is 4.96. The van der Waals surface area contributed by atoms with Gasteiger partial charge in [-0.1, -0.05) is 68.4 Å². The Balaban J connectivity index is 1.52. The summed E-state index contributed by atoms with van der Waals surface area (Å²) in [6, 6.07) is 22.5. The van der Waals surface area contributed by atoms with E-state index in [0.29, 0.717) is 12.0 Å². The molecule has 1 aliphatic rings. The van der Waals surface area contributed by atoms with Crippen molar-refractivity contribution in [3.63, 3.8) is 0 Å². The Labute approximate surface area is 154 Å². The molecule has 0 aliphatic carbocycles. The highest BCUT2D eigenvalue weighted by molar-refractivity contribution is 7.12. The van der Waals surface area contributed by atoms with Gasteiger partial charge in [0.15, 0.2) is 0 Å². The molecule has 0 N–H and O–H groups in total. The minimum Gasteiger partial charge on any atom is -0.280 e. The molecular formula is C23H23NS. The summed E-state index contributed by atoms with van der Waals surface area (Å²) in [6.45, 7) is 4.47. The molecule has 1 nitrogen and oxygen atoms in total. The first-order chi connectivity index (χ1) is 12.2. The smallest absolute Gasteiger partial charge is 0.0756 e. The SMILES string of the molecule is CC(C)c1ccc(-c2ccc(C3CCC(c4cccs4)=N3)cc2)cc1. The number of hydrogen-bond donors (Lipinski definition) is 0. The average molecular weight is 346 g/mol. The average Bonchev–Trinajstić information content (AvgIpc) is 3.33. The minimum atomic E-state index is 0.314. The van der Waals surface area contributed by atoms with E-state index in [4.69, 9.17) is 4.99 Å². The van der Waals surface area contributed by atoms with Crippen molar-refractivity contribution in [2.24, 2.45) is 4.99 Å². The molecule has 2 heterocycles. The van der Waals surface area contributed by atoms with Crippen LogP contribution >= 0.6 is 11.3 Å². The standard InChI is InChI=1S/C23H23NS/c1-16(2)17-5-7-18(8-6-17)19-9-11-20(12-10-19)21-13-14-22(24-21)23-4-3-15-25-23/h3-12,15-16,21H,13-14H2,1-2H3. The van der Waals surface area contributed by atoms with Crippen molar-refractivity contribution in [3.05, 3.63) is 82.0 Å². The Bertz CT molecular complexity index is 855. The van der Waals surface area contributed by atoms with Crippen LogP contribution in [0.4, 0.5) is 0 Å². The molecule has 0 radical (unpaired) electrons. The lowest BCUT2D eigenvalue weighted by Crippen LogP contribution is -1.91. The summed E-state index contributed by atoms with van der Waals surface area (Å²) in [4.78, 5) is 6.28. The highest BCUT2D eigenvalue weighted by atomic mass is 32.1. The van der Waals surface area contributed by atoms with Crippen LogP contribution in [0, 0.1) is 0 Å². The Hall–Kier alpha value is -2.19. The molecule has 1 aromatic heterocycles. The first-order valence-electron chi connectivity index (χ1n) is 9.01. The number of hydrogen-bond acceptors (Lipinski definition) is 2. The zero-order valence-electron chi connectivity index (χ0n) is 14.8. The second-order valence-corrected chi connectivity index (χ2v) is 7.95. The first kappa shape index (κ1) is 16.3. The Morgan fingerprint density at radius 1 is 0.920 bits per heavy atom. The van der Waals surface area contributed by atoms with Gasteiger partial charge in [0.1, 0.15) is 0 Å². The number of rotatable bonds is 4. The van der Waals surface area contributed by atoms with Gasteiger partial charge >= 0.3 is 0 Å². The molecule has 1 atom stereocenters. The van der Waals surface area contributed by atoms with Gasteiger partial charge in [-0.15, -0.1) is 11.3 Å². The van der Waals surface area contributed by atoms with Gasteiger partial charge in [-0.05, 0) is 52.5 Å². The lowest BCUT2D eigenvalue weighted by atomic mass is 9.97. The van der Waals surface area contributed by atoms with Gasteiger partial charge in [-0.2, -0.15) is 0 Å². The van der Waals surface area contributed by atoms with E-state index in [1.165, 1.54) is 32.8 Å². The zero-order chi connectivity index (χ0) is 17.2. The second kappa shape index (κ2) is 6.97. The van der Waals surface area contributed by atoms with Gasteiger partial charge in [0.25, 0.3) is 0 Å². The molecule has 0 spiro atoms. The third kappa shape index (κ3) is 3.45. The summed E-state index contributed by atoms with van der Waals surface area (Å²) in [5, 5.41) is 2.13. The van der Waals surface area contributed by atoms with Crippen molar-refractivity contribution >= 4 is 17.0 Å². The van der Waals surface area contributed by atoms with Crippen molar-refractivity contribution in [2.45, 2.75) is 38.6 Å². The lowest BCUT2D eigenvalue weighted by molar-refractivity contribution is 0.723. The van der Waals surface area contributed by atoms with Crippen LogP contribution < -0.4 is 0 Å². The van der Waals surface area contributed by atoms with E-state index >= 15 is 0 Å². The Morgan fingerprint density at radius 3 is 2.20 bits per heavy atom. The fourth-order valence-corrected chi connectivity index (χ4v) is 4.17. The normalized spacial score (nSPS) is 17.1. The fourth-order valence-electron chi connectivity index (χ4n) is 3.42. The third-order valence-electron chi connectivity index (χ3n) is 4.98. The lowest BCUT2D eigenvalue weighted by Gasteiger charge is -2.10. The highest BCUT2D eigenvalue weighted by Crippen LogP contribution is 2.33. The summed E-state index contributed by atoms with van der Waals surface area (Å²) in [5.41, 5.74) is 6.55. The molecule has 2 heteroatoms. The van der Waals surface area contributed by atoms with Crippen molar-refractivity contribution in [1.29, 1.82) is 0 Å². The predicted molar refractivity (Wildman–Crippen MR) is 109 cm³/mol. The molecule has 0 amide bonds. The van der Waals surface area contributed by atoms with Crippen molar-refractivity contribution < 1.29 is 0 Å².